The molecule has 0 atom stereocenters. The predicted octanol–water partition coefficient (Wildman–Crippen LogP) is -0.214. The zero-order valence-corrected chi connectivity index (χ0v) is 8.00. The molecule has 0 aromatic rings. The van der Waals surface area contributed by atoms with Crippen LogP contribution in [0.15, 0.2) is 0 Å². The lowest BCUT2D eigenvalue weighted by molar-refractivity contribution is -0.142. The summed E-state index contributed by atoms with van der Waals surface area (Å²) in [7, 11) is 1.42. The Balaban J connectivity index is 3.71. The highest BCUT2D eigenvalue weighted by Crippen LogP contribution is 1.99. The van der Waals surface area contributed by atoms with Crippen molar-refractivity contribution in [1.29, 1.82) is 5.26 Å². The first kappa shape index (κ1) is 11.8. The van der Waals surface area contributed by atoms with E-state index in [1.807, 2.05) is 6.07 Å². The number of carboxylic acids is 1. The van der Waals surface area contributed by atoms with Gasteiger partial charge in [0.25, 0.3) is 0 Å². The molecule has 13 heavy (non-hydrogen) atoms. The lowest BCUT2D eigenvalue weighted by Crippen LogP contribution is -2.33. The topological polar surface area (TPSA) is 81.4 Å². The van der Waals surface area contributed by atoms with Crippen LogP contribution in [0, 0.1) is 11.3 Å². The quantitative estimate of drug-likeness (QED) is 0.623. The summed E-state index contributed by atoms with van der Waals surface area (Å²) in [6.45, 7) is -0.300. The first-order chi connectivity index (χ1) is 6.07. The van der Waals surface area contributed by atoms with Crippen molar-refractivity contribution < 1.29 is 14.7 Å². The van der Waals surface area contributed by atoms with Gasteiger partial charge < -0.3 is 10.0 Å². The van der Waals surface area contributed by atoms with Gasteiger partial charge in [0.15, 0.2) is 0 Å². The number of nitrogens with zero attached hydrogens (tertiary/aromatic N) is 2. The van der Waals surface area contributed by atoms with E-state index in [9.17, 15) is 9.59 Å². The molecule has 0 radical (unpaired) electrons. The minimum absolute atomic E-state index is 0.150. The number of carbonyl (C=O) groups is 2. The van der Waals surface area contributed by atoms with E-state index in [0.717, 1.165) is 4.90 Å². The molecule has 1 amide bonds. The van der Waals surface area contributed by atoms with Gasteiger partial charge in [-0.3, -0.25) is 9.59 Å². The maximum atomic E-state index is 11.1. The van der Waals surface area contributed by atoms with Crippen molar-refractivity contribution in [2.24, 2.45) is 0 Å². The number of aliphatic carboxylic acids is 1. The molecule has 0 fully saturated rings. The maximum Gasteiger partial charge on any atom is 0.323 e. The number of carboxylic acid groups (broad SMARTS) is 1. The Kier molecular flexibility index (Phi) is 5.72. The van der Waals surface area contributed by atoms with Crippen molar-refractivity contribution in [3.05, 3.63) is 0 Å². The molecule has 6 heteroatoms. The second-order valence-corrected chi connectivity index (χ2v) is 3.28. The van der Waals surface area contributed by atoms with Crippen molar-refractivity contribution in [3.63, 3.8) is 0 Å². The number of thioether (sulfide) groups is 1. The minimum Gasteiger partial charge on any atom is -0.480 e. The van der Waals surface area contributed by atoms with E-state index in [1.54, 1.807) is 0 Å². The van der Waals surface area contributed by atoms with E-state index >= 15 is 0 Å². The zero-order chi connectivity index (χ0) is 10.3. The Morgan fingerprint density at radius 2 is 2.23 bits per heavy atom. The number of rotatable bonds is 5. The van der Waals surface area contributed by atoms with E-state index in [-0.39, 0.29) is 24.0 Å². The Morgan fingerprint density at radius 1 is 1.62 bits per heavy atom. The van der Waals surface area contributed by atoms with Gasteiger partial charge in [0.2, 0.25) is 5.91 Å². The molecule has 5 nitrogen and oxygen atoms in total. The summed E-state index contributed by atoms with van der Waals surface area (Å²) in [6.07, 6.45) is 0. The van der Waals surface area contributed by atoms with E-state index in [2.05, 4.69) is 0 Å². The van der Waals surface area contributed by atoms with Crippen LogP contribution in [-0.4, -0.2) is 47.0 Å². The Labute approximate surface area is 80.3 Å². The van der Waals surface area contributed by atoms with Crippen molar-refractivity contribution in [2.45, 2.75) is 0 Å². The Bertz CT molecular complexity index is 236. The highest BCUT2D eigenvalue weighted by Gasteiger charge is 2.11. The average Bonchev–Trinajstić information content (AvgIpc) is 2.03. The first-order valence-electron chi connectivity index (χ1n) is 3.48. The second kappa shape index (κ2) is 6.31. The van der Waals surface area contributed by atoms with Gasteiger partial charge in [0, 0.05) is 7.05 Å². The molecule has 0 spiro atoms. The summed E-state index contributed by atoms with van der Waals surface area (Å²) >= 11 is 1.17. The van der Waals surface area contributed by atoms with Crippen molar-refractivity contribution in [3.8, 4) is 6.07 Å². The summed E-state index contributed by atoms with van der Waals surface area (Å²) in [5.41, 5.74) is 0. The second-order valence-electron chi connectivity index (χ2n) is 2.29. The number of carbonyl (C=O) groups excluding carboxylic acids is 1. The number of hydrogen-bond acceptors (Lipinski definition) is 4. The first-order valence-corrected chi connectivity index (χ1v) is 4.64. The van der Waals surface area contributed by atoms with Gasteiger partial charge in [-0.05, 0) is 0 Å². The summed E-state index contributed by atoms with van der Waals surface area (Å²) in [5, 5.41) is 16.5. The molecular weight excluding hydrogens is 192 g/mol. The van der Waals surface area contributed by atoms with E-state index in [1.165, 1.54) is 18.8 Å². The van der Waals surface area contributed by atoms with Crippen LogP contribution >= 0.6 is 11.8 Å². The summed E-state index contributed by atoms with van der Waals surface area (Å²) in [5.74, 6) is -0.923. The van der Waals surface area contributed by atoms with Gasteiger partial charge >= 0.3 is 5.97 Å². The van der Waals surface area contributed by atoms with Crippen LogP contribution in [0.1, 0.15) is 0 Å². The average molecular weight is 202 g/mol. The Hall–Kier alpha value is -1.22. The molecule has 1 N–H and O–H groups in total. The van der Waals surface area contributed by atoms with Crippen LogP contribution in [0.2, 0.25) is 0 Å². The molecule has 72 valence electrons. The van der Waals surface area contributed by atoms with Gasteiger partial charge in [0.1, 0.15) is 6.54 Å². The predicted molar refractivity (Wildman–Crippen MR) is 48.2 cm³/mol. The van der Waals surface area contributed by atoms with E-state index in [0.29, 0.717) is 0 Å². The fourth-order valence-corrected chi connectivity index (χ4v) is 1.17. The fourth-order valence-electron chi connectivity index (χ4n) is 0.585. The zero-order valence-electron chi connectivity index (χ0n) is 7.19. The summed E-state index contributed by atoms with van der Waals surface area (Å²) in [4.78, 5) is 22.4. The van der Waals surface area contributed by atoms with Gasteiger partial charge in [-0.1, -0.05) is 0 Å². The van der Waals surface area contributed by atoms with E-state index in [4.69, 9.17) is 10.4 Å². The van der Waals surface area contributed by atoms with Gasteiger partial charge in [-0.15, -0.1) is 11.8 Å². The molecule has 0 heterocycles. The molecule has 0 unspecified atom stereocenters. The normalized spacial score (nSPS) is 8.92. The van der Waals surface area contributed by atoms with E-state index < -0.39 is 5.97 Å². The highest BCUT2D eigenvalue weighted by atomic mass is 32.2. The molecule has 0 aromatic carbocycles. The lowest BCUT2D eigenvalue weighted by atomic mass is 10.5. The molecule has 0 aliphatic heterocycles. The molecule has 0 saturated carbocycles. The van der Waals surface area contributed by atoms with Crippen LogP contribution in [0.4, 0.5) is 0 Å². The number of nitriles is 1. The number of likely N-dealkylation sites (N-methyl/N-ethyl adjacent to an activating group) is 1. The molecule has 0 bridgehead atoms. The molecule has 0 aliphatic carbocycles. The number of hydrogen-bond donors (Lipinski definition) is 1. The number of amides is 1. The van der Waals surface area contributed by atoms with Crippen LogP contribution in [0.3, 0.4) is 0 Å². The largest absolute Gasteiger partial charge is 0.480 e. The van der Waals surface area contributed by atoms with Crippen molar-refractivity contribution >= 4 is 23.6 Å². The molecule has 0 aliphatic rings. The minimum atomic E-state index is -1.04. The smallest absolute Gasteiger partial charge is 0.323 e. The van der Waals surface area contributed by atoms with Crippen LogP contribution < -0.4 is 0 Å². The SMILES string of the molecule is CN(CC(=O)O)C(=O)CSCC#N. The third kappa shape index (κ3) is 5.99. The highest BCUT2D eigenvalue weighted by molar-refractivity contribution is 8.00. The third-order valence-electron chi connectivity index (χ3n) is 1.19. The summed E-state index contributed by atoms with van der Waals surface area (Å²) < 4.78 is 0. The van der Waals surface area contributed by atoms with Crippen molar-refractivity contribution in [2.75, 3.05) is 25.1 Å². The third-order valence-corrected chi connectivity index (χ3v) is 1.97. The van der Waals surface area contributed by atoms with Gasteiger partial charge in [-0.2, -0.15) is 5.26 Å². The monoisotopic (exact) mass is 202 g/mol. The van der Waals surface area contributed by atoms with Crippen LogP contribution in [0.5, 0.6) is 0 Å². The fraction of sp³-hybridized carbons (Fsp3) is 0.571. The maximum absolute atomic E-state index is 11.1. The molecule has 0 aromatic heterocycles. The lowest BCUT2D eigenvalue weighted by Gasteiger charge is -2.13. The summed E-state index contributed by atoms with van der Waals surface area (Å²) in [6, 6.07) is 1.88. The van der Waals surface area contributed by atoms with Crippen LogP contribution in [-0.2, 0) is 9.59 Å². The standard InChI is InChI=1S/C7H10N2O3S/c1-9(4-7(11)12)6(10)5-13-3-2-8/h3-5H2,1H3,(H,11,12). The molecular formula is C7H10N2O3S. The Morgan fingerprint density at radius 3 is 2.69 bits per heavy atom. The van der Waals surface area contributed by atoms with Crippen LogP contribution in [0.25, 0.3) is 0 Å². The van der Waals surface area contributed by atoms with Crippen molar-refractivity contribution in [1.82, 2.24) is 4.90 Å². The molecule has 0 saturated heterocycles. The molecule has 0 rings (SSSR count). The van der Waals surface area contributed by atoms with Gasteiger partial charge in [0.05, 0.1) is 17.6 Å². The van der Waals surface area contributed by atoms with Gasteiger partial charge in [-0.25, -0.2) is 0 Å².